The topological polar surface area (TPSA) is 32.3 Å². The summed E-state index contributed by atoms with van der Waals surface area (Å²) >= 11 is 0. The molecule has 1 aromatic rings. The number of alkyl halides is 3. The van der Waals surface area contributed by atoms with Crippen LogP contribution in [0.4, 0.5) is 13.2 Å². The Kier molecular flexibility index (Phi) is 5.56. The molecule has 112 valence electrons. The summed E-state index contributed by atoms with van der Waals surface area (Å²) < 4.78 is 37.8. The fourth-order valence-corrected chi connectivity index (χ4v) is 1.97. The molecule has 3 nitrogen and oxygen atoms in total. The molecule has 1 rings (SSSR count). The average molecular weight is 288 g/mol. The number of carbonyl (C=O) groups excluding carboxylic acids is 1. The first-order chi connectivity index (χ1) is 9.25. The van der Waals surface area contributed by atoms with E-state index in [1.54, 1.807) is 27.1 Å². The zero-order valence-corrected chi connectivity index (χ0v) is 11.8. The predicted octanol–water partition coefficient (Wildman–Crippen LogP) is 2.52. The Hall–Kier alpha value is -1.56. The predicted molar refractivity (Wildman–Crippen MR) is 71.0 cm³/mol. The molecule has 0 heterocycles. The van der Waals surface area contributed by atoms with Gasteiger partial charge in [0.05, 0.1) is 5.56 Å². The van der Waals surface area contributed by atoms with Crippen molar-refractivity contribution in [2.24, 2.45) is 5.92 Å². The van der Waals surface area contributed by atoms with Crippen molar-refractivity contribution in [1.29, 1.82) is 0 Å². The molecule has 1 atom stereocenters. The Labute approximate surface area is 116 Å². The molecule has 0 aliphatic rings. The Balaban J connectivity index is 2.76. The minimum absolute atomic E-state index is 0.100. The molecule has 1 amide bonds. The first-order valence-corrected chi connectivity index (χ1v) is 6.31. The van der Waals surface area contributed by atoms with Crippen LogP contribution in [0.25, 0.3) is 0 Å². The highest BCUT2D eigenvalue weighted by Crippen LogP contribution is 2.29. The van der Waals surface area contributed by atoms with Gasteiger partial charge in [0.15, 0.2) is 0 Å². The van der Waals surface area contributed by atoms with Gasteiger partial charge in [-0.1, -0.05) is 19.1 Å². The molecule has 20 heavy (non-hydrogen) atoms. The van der Waals surface area contributed by atoms with Crippen molar-refractivity contribution in [2.75, 3.05) is 20.6 Å². The van der Waals surface area contributed by atoms with Gasteiger partial charge in [0.2, 0.25) is 5.91 Å². The summed E-state index contributed by atoms with van der Waals surface area (Å²) in [5.74, 6) is -0.312. The molecular formula is C14H19F3N2O. The monoisotopic (exact) mass is 288 g/mol. The van der Waals surface area contributed by atoms with E-state index in [9.17, 15) is 18.0 Å². The number of amides is 1. The third-order valence-electron chi connectivity index (χ3n) is 2.98. The molecule has 6 heteroatoms. The van der Waals surface area contributed by atoms with Crippen molar-refractivity contribution in [3.8, 4) is 0 Å². The summed E-state index contributed by atoms with van der Waals surface area (Å²) in [6, 6.07) is 5.04. The number of benzene rings is 1. The molecule has 0 aromatic heterocycles. The number of hydrogen-bond donors (Lipinski definition) is 1. The SMILES string of the molecule is CNCC(C)C(=O)N(C)Cc1cccc(C(F)(F)F)c1. The van der Waals surface area contributed by atoms with Crippen LogP contribution in [0, 0.1) is 5.92 Å². The van der Waals surface area contributed by atoms with Crippen LogP contribution in [0.2, 0.25) is 0 Å². The van der Waals surface area contributed by atoms with E-state index in [0.29, 0.717) is 12.1 Å². The van der Waals surface area contributed by atoms with Crippen molar-refractivity contribution in [2.45, 2.75) is 19.6 Å². The van der Waals surface area contributed by atoms with Gasteiger partial charge >= 0.3 is 6.18 Å². The molecule has 0 aliphatic carbocycles. The van der Waals surface area contributed by atoms with Gasteiger partial charge in [-0.05, 0) is 24.7 Å². The molecule has 0 spiro atoms. The normalized spacial score (nSPS) is 13.1. The Bertz CT molecular complexity index is 460. The second kappa shape index (κ2) is 6.74. The number of carbonyl (C=O) groups is 1. The van der Waals surface area contributed by atoms with Crippen LogP contribution >= 0.6 is 0 Å². The standard InChI is InChI=1S/C14H19F3N2O/c1-10(8-18-2)13(20)19(3)9-11-5-4-6-12(7-11)14(15,16)17/h4-7,10,18H,8-9H2,1-3H3. The molecule has 0 fully saturated rings. The lowest BCUT2D eigenvalue weighted by molar-refractivity contribution is -0.137. The molecule has 1 aromatic carbocycles. The van der Waals surface area contributed by atoms with E-state index in [2.05, 4.69) is 5.32 Å². The van der Waals surface area contributed by atoms with Gasteiger partial charge in [0.25, 0.3) is 0 Å². The van der Waals surface area contributed by atoms with Crippen molar-refractivity contribution < 1.29 is 18.0 Å². The highest BCUT2D eigenvalue weighted by Gasteiger charge is 2.30. The zero-order valence-electron chi connectivity index (χ0n) is 11.8. The van der Waals surface area contributed by atoms with Gasteiger partial charge in [-0.2, -0.15) is 13.2 Å². The van der Waals surface area contributed by atoms with E-state index in [1.807, 2.05) is 0 Å². The average Bonchev–Trinajstić information content (AvgIpc) is 2.37. The number of halogens is 3. The summed E-state index contributed by atoms with van der Waals surface area (Å²) in [5, 5.41) is 2.90. The van der Waals surface area contributed by atoms with Crippen molar-refractivity contribution in [3.63, 3.8) is 0 Å². The first kappa shape index (κ1) is 16.5. The molecule has 0 saturated heterocycles. The van der Waals surface area contributed by atoms with E-state index in [0.717, 1.165) is 12.1 Å². The van der Waals surface area contributed by atoms with Crippen LogP contribution in [0.3, 0.4) is 0 Å². The molecule has 1 N–H and O–H groups in total. The van der Waals surface area contributed by atoms with Crippen LogP contribution in [0.15, 0.2) is 24.3 Å². The second-order valence-corrected chi connectivity index (χ2v) is 4.85. The smallest absolute Gasteiger partial charge is 0.341 e. The number of nitrogens with one attached hydrogen (secondary N) is 1. The molecule has 0 aliphatic heterocycles. The lowest BCUT2D eigenvalue weighted by atomic mass is 10.1. The number of nitrogens with zero attached hydrogens (tertiary/aromatic N) is 1. The van der Waals surface area contributed by atoms with Crippen molar-refractivity contribution in [1.82, 2.24) is 10.2 Å². The summed E-state index contributed by atoms with van der Waals surface area (Å²) in [7, 11) is 3.34. The third kappa shape index (κ3) is 4.52. The maximum atomic E-state index is 12.6. The fraction of sp³-hybridized carbons (Fsp3) is 0.500. The second-order valence-electron chi connectivity index (χ2n) is 4.85. The van der Waals surface area contributed by atoms with E-state index in [-0.39, 0.29) is 18.4 Å². The van der Waals surface area contributed by atoms with Gasteiger partial charge in [-0.15, -0.1) is 0 Å². The van der Waals surface area contributed by atoms with Crippen LogP contribution in [-0.4, -0.2) is 31.4 Å². The largest absolute Gasteiger partial charge is 0.416 e. The van der Waals surface area contributed by atoms with E-state index in [4.69, 9.17) is 0 Å². The molecule has 1 unspecified atom stereocenters. The van der Waals surface area contributed by atoms with Gasteiger partial charge in [0, 0.05) is 26.1 Å². The van der Waals surface area contributed by atoms with E-state index >= 15 is 0 Å². The third-order valence-corrected chi connectivity index (χ3v) is 2.98. The molecule has 0 saturated carbocycles. The van der Waals surface area contributed by atoms with E-state index in [1.165, 1.54) is 11.0 Å². The van der Waals surface area contributed by atoms with Crippen molar-refractivity contribution in [3.05, 3.63) is 35.4 Å². The van der Waals surface area contributed by atoms with Crippen LogP contribution in [0.5, 0.6) is 0 Å². The molecule has 0 bridgehead atoms. The quantitative estimate of drug-likeness (QED) is 0.903. The summed E-state index contributed by atoms with van der Waals surface area (Å²) in [6.07, 6.45) is -4.36. The van der Waals surface area contributed by atoms with Crippen LogP contribution in [0.1, 0.15) is 18.1 Å². The summed E-state index contributed by atoms with van der Waals surface area (Å²) in [6.45, 7) is 2.48. The Morgan fingerprint density at radius 2 is 2.05 bits per heavy atom. The summed E-state index contributed by atoms with van der Waals surface area (Å²) in [4.78, 5) is 13.4. The minimum Gasteiger partial charge on any atom is -0.341 e. The lowest BCUT2D eigenvalue weighted by Crippen LogP contribution is -2.35. The lowest BCUT2D eigenvalue weighted by Gasteiger charge is -2.21. The van der Waals surface area contributed by atoms with Gasteiger partial charge in [-0.25, -0.2) is 0 Å². The first-order valence-electron chi connectivity index (χ1n) is 6.31. The van der Waals surface area contributed by atoms with Crippen LogP contribution in [-0.2, 0) is 17.5 Å². The van der Waals surface area contributed by atoms with E-state index < -0.39 is 11.7 Å². The highest BCUT2D eigenvalue weighted by atomic mass is 19.4. The Morgan fingerprint density at radius 3 is 2.60 bits per heavy atom. The number of hydrogen-bond acceptors (Lipinski definition) is 2. The Morgan fingerprint density at radius 1 is 1.40 bits per heavy atom. The van der Waals surface area contributed by atoms with Gasteiger partial charge in [0.1, 0.15) is 0 Å². The maximum Gasteiger partial charge on any atom is 0.416 e. The minimum atomic E-state index is -4.36. The highest BCUT2D eigenvalue weighted by molar-refractivity contribution is 5.78. The zero-order chi connectivity index (χ0) is 15.3. The molecule has 0 radical (unpaired) electrons. The fourth-order valence-electron chi connectivity index (χ4n) is 1.97. The summed E-state index contributed by atoms with van der Waals surface area (Å²) in [5.41, 5.74) is -0.230. The van der Waals surface area contributed by atoms with Crippen molar-refractivity contribution >= 4 is 5.91 Å². The molecular weight excluding hydrogens is 269 g/mol. The van der Waals surface area contributed by atoms with Crippen LogP contribution < -0.4 is 5.32 Å². The number of rotatable bonds is 5. The maximum absolute atomic E-state index is 12.6. The van der Waals surface area contributed by atoms with Gasteiger partial charge < -0.3 is 10.2 Å². The van der Waals surface area contributed by atoms with Gasteiger partial charge in [-0.3, -0.25) is 4.79 Å².